The molecule has 0 aliphatic carbocycles. The van der Waals surface area contributed by atoms with Crippen LogP contribution in [0.1, 0.15) is 55.5 Å². The number of Topliss-reactive ketones (excluding diaryl/α,β-unsaturated/α-hetero) is 1. The third-order valence-corrected chi connectivity index (χ3v) is 6.20. The Morgan fingerprint density at radius 3 is 2.26 bits per heavy atom. The van der Waals surface area contributed by atoms with Crippen LogP contribution in [0.25, 0.3) is 0 Å². The van der Waals surface area contributed by atoms with Crippen LogP contribution in [-0.4, -0.2) is 44.4 Å². The van der Waals surface area contributed by atoms with Gasteiger partial charge in [-0.25, -0.2) is 13.4 Å². The van der Waals surface area contributed by atoms with E-state index < -0.39 is 27.6 Å². The van der Waals surface area contributed by atoms with E-state index in [0.717, 1.165) is 11.6 Å². The number of halogens is 3. The Morgan fingerprint density at radius 1 is 1.06 bits per heavy atom. The van der Waals surface area contributed by atoms with E-state index >= 15 is 0 Å². The van der Waals surface area contributed by atoms with E-state index in [1.54, 1.807) is 39.0 Å². The lowest BCUT2D eigenvalue weighted by Gasteiger charge is -2.17. The van der Waals surface area contributed by atoms with Crippen LogP contribution >= 0.6 is 0 Å². The Balaban J connectivity index is 2.15. The maximum absolute atomic E-state index is 13.0. The predicted octanol–water partition coefficient (Wildman–Crippen LogP) is 4.79. The van der Waals surface area contributed by atoms with Gasteiger partial charge < -0.3 is 9.47 Å². The number of sulfone groups is 1. The second-order valence-corrected chi connectivity index (χ2v) is 10.7. The molecular weight excluding hydrogens is 471 g/mol. The molecule has 0 aliphatic heterocycles. The van der Waals surface area contributed by atoms with Crippen LogP contribution in [0, 0.1) is 0 Å². The van der Waals surface area contributed by atoms with E-state index in [1.807, 2.05) is 0 Å². The Labute approximate surface area is 198 Å². The van der Waals surface area contributed by atoms with Gasteiger partial charge in [-0.1, -0.05) is 25.1 Å². The third kappa shape index (κ3) is 8.00. The molecule has 0 saturated heterocycles. The molecule has 1 aromatic heterocycles. The molecule has 188 valence electrons. The van der Waals surface area contributed by atoms with Gasteiger partial charge in [0.1, 0.15) is 27.1 Å². The Morgan fingerprint density at radius 2 is 1.71 bits per heavy atom. The van der Waals surface area contributed by atoms with Gasteiger partial charge in [-0.05, 0) is 49.9 Å². The van der Waals surface area contributed by atoms with Crippen LogP contribution in [0.15, 0.2) is 30.3 Å². The first-order chi connectivity index (χ1) is 15.7. The summed E-state index contributed by atoms with van der Waals surface area (Å²) in [6.07, 6.45) is -3.24. The minimum absolute atomic E-state index is 0.0147. The van der Waals surface area contributed by atoms with Crippen molar-refractivity contribution in [3.05, 3.63) is 52.7 Å². The summed E-state index contributed by atoms with van der Waals surface area (Å²) < 4.78 is 72.8. The molecule has 1 heterocycles. The summed E-state index contributed by atoms with van der Waals surface area (Å²) in [6.45, 7) is 5.11. The van der Waals surface area contributed by atoms with Crippen molar-refractivity contribution in [3.8, 4) is 11.6 Å². The molecule has 2 rings (SSSR count). The first-order valence-electron chi connectivity index (χ1n) is 10.8. The summed E-state index contributed by atoms with van der Waals surface area (Å²) in [5.74, 6) is -0.238. The second-order valence-electron chi connectivity index (χ2n) is 8.46. The molecule has 0 bridgehead atoms. The molecular formula is C24H30F3NO5S. The predicted molar refractivity (Wildman–Crippen MR) is 123 cm³/mol. The minimum atomic E-state index is -4.59. The average Bonchev–Trinajstić information content (AvgIpc) is 2.74. The van der Waals surface area contributed by atoms with Gasteiger partial charge in [0.05, 0.1) is 19.0 Å². The first kappa shape index (κ1) is 27.6. The fraction of sp³-hybridized carbons (Fsp3) is 0.500. The molecule has 0 amide bonds. The first-order valence-corrected chi connectivity index (χ1v) is 12.9. The molecule has 34 heavy (non-hydrogen) atoms. The second kappa shape index (κ2) is 11.2. The highest BCUT2D eigenvalue weighted by atomic mass is 32.2. The van der Waals surface area contributed by atoms with Crippen molar-refractivity contribution >= 4 is 15.6 Å². The SMILES string of the molecule is COc1cc(C(C)C(=O)CCc2ccc(C(F)(F)F)nc2OC(C)C)ccc1CCS(C)(=O)=O. The van der Waals surface area contributed by atoms with Crippen molar-refractivity contribution in [2.24, 2.45) is 0 Å². The van der Waals surface area contributed by atoms with Crippen molar-refractivity contribution in [1.29, 1.82) is 0 Å². The summed E-state index contributed by atoms with van der Waals surface area (Å²) >= 11 is 0. The van der Waals surface area contributed by atoms with Gasteiger partial charge in [-0.3, -0.25) is 4.79 Å². The minimum Gasteiger partial charge on any atom is -0.496 e. The van der Waals surface area contributed by atoms with E-state index in [0.29, 0.717) is 23.3 Å². The maximum Gasteiger partial charge on any atom is 0.433 e. The number of ether oxygens (including phenoxy) is 2. The van der Waals surface area contributed by atoms with Crippen LogP contribution < -0.4 is 9.47 Å². The summed E-state index contributed by atoms with van der Waals surface area (Å²) in [4.78, 5) is 16.5. The molecule has 0 radical (unpaired) electrons. The molecule has 6 nitrogen and oxygen atoms in total. The zero-order valence-corrected chi connectivity index (χ0v) is 20.7. The Kier molecular flexibility index (Phi) is 9.10. The van der Waals surface area contributed by atoms with Gasteiger partial charge in [0.25, 0.3) is 0 Å². The number of hydrogen-bond acceptors (Lipinski definition) is 6. The third-order valence-electron chi connectivity index (χ3n) is 5.25. The van der Waals surface area contributed by atoms with E-state index in [-0.39, 0.29) is 36.4 Å². The van der Waals surface area contributed by atoms with Crippen LogP contribution in [0.3, 0.4) is 0 Å². The topological polar surface area (TPSA) is 82.6 Å². The molecule has 2 aromatic rings. The number of methoxy groups -OCH3 is 1. The van der Waals surface area contributed by atoms with Gasteiger partial charge in [0, 0.05) is 24.2 Å². The number of pyridine rings is 1. The normalized spacial score (nSPS) is 13.1. The van der Waals surface area contributed by atoms with Gasteiger partial charge in [-0.15, -0.1) is 0 Å². The Bertz CT molecular complexity index is 1110. The zero-order valence-electron chi connectivity index (χ0n) is 19.9. The Hall–Kier alpha value is -2.62. The lowest BCUT2D eigenvalue weighted by Crippen LogP contribution is -2.15. The molecule has 1 aromatic carbocycles. The molecule has 0 aliphatic rings. The smallest absolute Gasteiger partial charge is 0.433 e. The van der Waals surface area contributed by atoms with E-state index in [1.165, 1.54) is 19.4 Å². The lowest BCUT2D eigenvalue weighted by atomic mass is 9.92. The van der Waals surface area contributed by atoms with Crippen molar-refractivity contribution < 1.29 is 35.9 Å². The van der Waals surface area contributed by atoms with Crippen molar-refractivity contribution in [3.63, 3.8) is 0 Å². The van der Waals surface area contributed by atoms with Crippen molar-refractivity contribution in [2.45, 2.75) is 58.2 Å². The molecule has 0 spiro atoms. The van der Waals surface area contributed by atoms with Crippen LogP contribution in [0.2, 0.25) is 0 Å². The number of aryl methyl sites for hydroxylation is 2. The monoisotopic (exact) mass is 501 g/mol. The number of rotatable bonds is 11. The number of alkyl halides is 3. The molecule has 0 fully saturated rings. The number of nitrogens with zero attached hydrogens (tertiary/aromatic N) is 1. The van der Waals surface area contributed by atoms with Gasteiger partial charge in [0.15, 0.2) is 0 Å². The van der Waals surface area contributed by atoms with Crippen LogP contribution in [0.5, 0.6) is 11.6 Å². The van der Waals surface area contributed by atoms with E-state index in [2.05, 4.69) is 4.98 Å². The van der Waals surface area contributed by atoms with Gasteiger partial charge in [0.2, 0.25) is 5.88 Å². The number of benzene rings is 1. The summed E-state index contributed by atoms with van der Waals surface area (Å²) in [5, 5.41) is 0. The fourth-order valence-corrected chi connectivity index (χ4v) is 3.93. The number of carbonyl (C=O) groups is 1. The standard InChI is InChI=1S/C24H30F3NO5S/c1-15(2)33-23-18(9-11-22(28-23)24(25,26)27)8-10-20(29)16(3)19-7-6-17(21(14-19)32-4)12-13-34(5,30)31/h6-7,9,11,14-16H,8,10,12-13H2,1-5H3. The summed E-state index contributed by atoms with van der Waals surface area (Å²) in [6, 6.07) is 7.40. The zero-order chi connectivity index (χ0) is 25.7. The van der Waals surface area contributed by atoms with Gasteiger partial charge in [-0.2, -0.15) is 13.2 Å². The highest BCUT2D eigenvalue weighted by Gasteiger charge is 2.33. The van der Waals surface area contributed by atoms with E-state index in [4.69, 9.17) is 9.47 Å². The number of hydrogen-bond donors (Lipinski definition) is 0. The van der Waals surface area contributed by atoms with Crippen molar-refractivity contribution in [2.75, 3.05) is 19.1 Å². The largest absolute Gasteiger partial charge is 0.496 e. The number of carbonyl (C=O) groups excluding carboxylic acids is 1. The number of aromatic nitrogens is 1. The highest BCUT2D eigenvalue weighted by molar-refractivity contribution is 7.90. The lowest BCUT2D eigenvalue weighted by molar-refractivity contribution is -0.141. The number of ketones is 1. The quantitative estimate of drug-likeness (QED) is 0.440. The highest BCUT2D eigenvalue weighted by Crippen LogP contribution is 2.32. The average molecular weight is 502 g/mol. The summed E-state index contributed by atoms with van der Waals surface area (Å²) in [5.41, 5.74) is 0.808. The molecule has 1 atom stereocenters. The van der Waals surface area contributed by atoms with Crippen molar-refractivity contribution in [1.82, 2.24) is 4.98 Å². The summed E-state index contributed by atoms with van der Waals surface area (Å²) in [7, 11) is -1.65. The fourth-order valence-electron chi connectivity index (χ4n) is 3.34. The molecule has 10 heteroatoms. The molecule has 0 N–H and O–H groups in total. The van der Waals surface area contributed by atoms with Crippen LogP contribution in [-0.2, 0) is 33.6 Å². The maximum atomic E-state index is 13.0. The molecule has 0 saturated carbocycles. The van der Waals surface area contributed by atoms with Crippen LogP contribution in [0.4, 0.5) is 13.2 Å². The van der Waals surface area contributed by atoms with E-state index in [9.17, 15) is 26.4 Å². The van der Waals surface area contributed by atoms with Gasteiger partial charge >= 0.3 is 6.18 Å². The molecule has 1 unspecified atom stereocenters.